The third kappa shape index (κ3) is 4.79. The van der Waals surface area contributed by atoms with Gasteiger partial charge in [0, 0.05) is 45.7 Å². The van der Waals surface area contributed by atoms with Gasteiger partial charge in [0.05, 0.1) is 11.2 Å². The molecule has 234 valence electrons. The summed E-state index contributed by atoms with van der Waals surface area (Å²) in [6, 6.07) is 38.9. The predicted octanol–water partition coefficient (Wildman–Crippen LogP) is 12.5. The van der Waals surface area contributed by atoms with Crippen LogP contribution in [0.4, 0.5) is 11.4 Å². The van der Waals surface area contributed by atoms with Crippen molar-refractivity contribution in [2.75, 3.05) is 4.90 Å². The average Bonchev–Trinajstić information content (AvgIpc) is 3.48. The molecule has 8 rings (SSSR count). The standard InChI is InChI=1S/C46H40N2/c1-30-15-14-21-41-44-34(5)43(37-27-28-47(38-18-10-7-11-19-38)42-22-13-12-20-40(42)31(2)29-37)32(3)33(4)46(44)48(45(30)41)39-25-23-36(24-26-39)35-16-8-6-9-17-35/h6-14,16-30H,2,15H2,1,3-5H3/b28-27-,37-29+. The molecule has 0 N–H and O–H groups in total. The number of nitrogens with zero attached hydrogens (tertiary/aromatic N) is 2. The first-order chi connectivity index (χ1) is 23.4. The predicted molar refractivity (Wildman–Crippen MR) is 206 cm³/mol. The second-order valence-electron chi connectivity index (χ2n) is 13.2. The van der Waals surface area contributed by atoms with Gasteiger partial charge in [-0.1, -0.05) is 105 Å². The number of aryl methyl sites for hydroxylation is 2. The summed E-state index contributed by atoms with van der Waals surface area (Å²) in [5, 5.41) is 1.35. The van der Waals surface area contributed by atoms with Crippen molar-refractivity contribution in [3.63, 3.8) is 0 Å². The van der Waals surface area contributed by atoms with Crippen LogP contribution in [0.2, 0.25) is 0 Å². The molecule has 0 bridgehead atoms. The van der Waals surface area contributed by atoms with Gasteiger partial charge in [0.15, 0.2) is 0 Å². The number of para-hydroxylation sites is 2. The van der Waals surface area contributed by atoms with Crippen molar-refractivity contribution >= 4 is 39.5 Å². The Hall–Kier alpha value is -5.60. The maximum Gasteiger partial charge on any atom is 0.0572 e. The molecule has 1 aromatic heterocycles. The summed E-state index contributed by atoms with van der Waals surface area (Å²) < 4.78 is 2.56. The van der Waals surface area contributed by atoms with Crippen molar-refractivity contribution in [1.82, 2.24) is 4.57 Å². The summed E-state index contributed by atoms with van der Waals surface area (Å²) in [5.41, 5.74) is 18.5. The molecule has 1 aliphatic carbocycles. The molecule has 1 atom stereocenters. The van der Waals surface area contributed by atoms with Crippen LogP contribution in [0.25, 0.3) is 44.9 Å². The van der Waals surface area contributed by atoms with Gasteiger partial charge < -0.3 is 9.47 Å². The lowest BCUT2D eigenvalue weighted by atomic mass is 9.85. The Labute approximate surface area is 284 Å². The van der Waals surface area contributed by atoms with Crippen LogP contribution in [0.3, 0.4) is 0 Å². The fourth-order valence-electron chi connectivity index (χ4n) is 7.88. The Morgan fingerprint density at radius 1 is 0.667 bits per heavy atom. The van der Waals surface area contributed by atoms with E-state index < -0.39 is 0 Å². The first-order valence-electron chi connectivity index (χ1n) is 17.0. The van der Waals surface area contributed by atoms with Crippen LogP contribution in [0, 0.1) is 20.8 Å². The Kier molecular flexibility index (Phi) is 7.37. The molecule has 2 heterocycles. The maximum atomic E-state index is 4.61. The summed E-state index contributed by atoms with van der Waals surface area (Å²) in [4.78, 5) is 2.28. The van der Waals surface area contributed by atoms with Gasteiger partial charge in [-0.25, -0.2) is 0 Å². The molecule has 0 amide bonds. The number of allylic oxidation sites excluding steroid dienone is 5. The normalized spacial score (nSPS) is 17.3. The largest absolute Gasteiger partial charge is 0.317 e. The third-order valence-electron chi connectivity index (χ3n) is 10.3. The highest BCUT2D eigenvalue weighted by atomic mass is 15.1. The monoisotopic (exact) mass is 620 g/mol. The number of aromatic nitrogens is 1. The minimum atomic E-state index is 0.407. The van der Waals surface area contributed by atoms with Gasteiger partial charge in [-0.2, -0.15) is 0 Å². The van der Waals surface area contributed by atoms with Crippen molar-refractivity contribution in [3.8, 4) is 16.8 Å². The van der Waals surface area contributed by atoms with Gasteiger partial charge in [-0.3, -0.25) is 0 Å². The van der Waals surface area contributed by atoms with E-state index in [2.05, 4.69) is 183 Å². The Morgan fingerprint density at radius 3 is 2.08 bits per heavy atom. The molecule has 0 spiro atoms. The Bertz CT molecular complexity index is 2290. The minimum absolute atomic E-state index is 0.407. The second kappa shape index (κ2) is 11.9. The van der Waals surface area contributed by atoms with Crippen LogP contribution in [-0.4, -0.2) is 4.57 Å². The molecule has 6 aromatic rings. The van der Waals surface area contributed by atoms with E-state index in [0.29, 0.717) is 5.92 Å². The smallest absolute Gasteiger partial charge is 0.0572 e. The molecule has 5 aromatic carbocycles. The number of hydrogen-bond acceptors (Lipinski definition) is 1. The summed E-state index contributed by atoms with van der Waals surface area (Å²) >= 11 is 0. The first kappa shape index (κ1) is 29.8. The molecule has 48 heavy (non-hydrogen) atoms. The lowest BCUT2D eigenvalue weighted by Crippen LogP contribution is -2.12. The molecule has 2 heteroatoms. The molecule has 1 unspecified atom stereocenters. The number of benzene rings is 5. The molecular formula is C46H40N2. The van der Waals surface area contributed by atoms with Crippen LogP contribution >= 0.6 is 0 Å². The highest BCUT2D eigenvalue weighted by Gasteiger charge is 2.28. The molecule has 2 nitrogen and oxygen atoms in total. The van der Waals surface area contributed by atoms with E-state index in [1.807, 2.05) is 0 Å². The molecular weight excluding hydrogens is 581 g/mol. The fourth-order valence-corrected chi connectivity index (χ4v) is 7.88. The topological polar surface area (TPSA) is 8.17 Å². The van der Waals surface area contributed by atoms with Crippen LogP contribution in [0.1, 0.15) is 58.3 Å². The van der Waals surface area contributed by atoms with Crippen LogP contribution < -0.4 is 4.90 Å². The number of rotatable bonds is 4. The Morgan fingerprint density at radius 2 is 1.33 bits per heavy atom. The zero-order chi connectivity index (χ0) is 32.9. The van der Waals surface area contributed by atoms with Gasteiger partial charge in [0.25, 0.3) is 0 Å². The van der Waals surface area contributed by atoms with Gasteiger partial charge in [0.2, 0.25) is 0 Å². The second-order valence-corrected chi connectivity index (χ2v) is 13.2. The zero-order valence-electron chi connectivity index (χ0n) is 28.2. The van der Waals surface area contributed by atoms with Crippen molar-refractivity contribution in [1.29, 1.82) is 0 Å². The number of hydrogen-bond donors (Lipinski definition) is 0. The average molecular weight is 621 g/mol. The van der Waals surface area contributed by atoms with E-state index in [0.717, 1.165) is 28.9 Å². The zero-order valence-corrected chi connectivity index (χ0v) is 28.2. The highest BCUT2D eigenvalue weighted by molar-refractivity contribution is 6.04. The number of fused-ring (bicyclic) bond motifs is 4. The maximum absolute atomic E-state index is 4.61. The number of anilines is 2. The SMILES string of the molecule is C=C1/C=C(c2c(C)c(C)c3c(c2C)c2c(n3-c3ccc(-c4ccccc4)cc3)C(C)CC=C2)\C=C/N(c2ccccc2)c2ccccc21. The lowest BCUT2D eigenvalue weighted by molar-refractivity contribution is 0.723. The van der Waals surface area contributed by atoms with Crippen LogP contribution in [-0.2, 0) is 0 Å². The van der Waals surface area contributed by atoms with E-state index in [1.165, 1.54) is 66.8 Å². The van der Waals surface area contributed by atoms with Gasteiger partial charge in [0.1, 0.15) is 0 Å². The summed E-state index contributed by atoms with van der Waals surface area (Å²) in [6.07, 6.45) is 12.5. The molecule has 2 aliphatic rings. The first-order valence-corrected chi connectivity index (χ1v) is 17.0. The third-order valence-corrected chi connectivity index (χ3v) is 10.3. The molecule has 0 fully saturated rings. The van der Waals surface area contributed by atoms with Gasteiger partial charge in [-0.15, -0.1) is 0 Å². The highest BCUT2D eigenvalue weighted by Crippen LogP contribution is 2.46. The van der Waals surface area contributed by atoms with E-state index in [4.69, 9.17) is 0 Å². The Balaban J connectivity index is 1.34. The summed E-state index contributed by atoms with van der Waals surface area (Å²) in [5.74, 6) is 0.407. The summed E-state index contributed by atoms with van der Waals surface area (Å²) in [7, 11) is 0. The summed E-state index contributed by atoms with van der Waals surface area (Å²) in [6.45, 7) is 13.9. The lowest BCUT2D eigenvalue weighted by Gasteiger charge is -2.27. The van der Waals surface area contributed by atoms with Crippen LogP contribution in [0.15, 0.2) is 140 Å². The van der Waals surface area contributed by atoms with Crippen molar-refractivity contribution in [3.05, 3.63) is 179 Å². The van der Waals surface area contributed by atoms with Crippen molar-refractivity contribution < 1.29 is 0 Å². The van der Waals surface area contributed by atoms with E-state index in [1.54, 1.807) is 0 Å². The van der Waals surface area contributed by atoms with E-state index >= 15 is 0 Å². The fraction of sp³-hybridized carbons (Fsp3) is 0.130. The molecule has 0 saturated heterocycles. The van der Waals surface area contributed by atoms with Crippen molar-refractivity contribution in [2.45, 2.75) is 40.0 Å². The molecule has 0 radical (unpaired) electrons. The van der Waals surface area contributed by atoms with E-state index in [9.17, 15) is 0 Å². The van der Waals surface area contributed by atoms with Crippen molar-refractivity contribution in [2.24, 2.45) is 0 Å². The van der Waals surface area contributed by atoms with Crippen LogP contribution in [0.5, 0.6) is 0 Å². The van der Waals surface area contributed by atoms with Gasteiger partial charge in [-0.05, 0) is 114 Å². The van der Waals surface area contributed by atoms with E-state index in [-0.39, 0.29) is 0 Å². The van der Waals surface area contributed by atoms with Gasteiger partial charge >= 0.3 is 0 Å². The minimum Gasteiger partial charge on any atom is -0.317 e. The molecule has 0 saturated carbocycles. The quantitative estimate of drug-likeness (QED) is 0.190. The molecule has 1 aliphatic heterocycles.